The van der Waals surface area contributed by atoms with E-state index in [1.54, 1.807) is 0 Å². The van der Waals surface area contributed by atoms with Crippen molar-refractivity contribution in [2.24, 2.45) is 0 Å². The molecule has 1 unspecified atom stereocenters. The topological polar surface area (TPSA) is 15.3 Å². The van der Waals surface area contributed by atoms with E-state index in [0.29, 0.717) is 11.6 Å². The van der Waals surface area contributed by atoms with E-state index in [1.807, 2.05) is 0 Å². The van der Waals surface area contributed by atoms with E-state index in [4.69, 9.17) is 0 Å². The van der Waals surface area contributed by atoms with Crippen molar-refractivity contribution in [1.29, 1.82) is 0 Å². The lowest BCUT2D eigenvalue weighted by atomic mass is 9.97. The van der Waals surface area contributed by atoms with Gasteiger partial charge in [0.05, 0.1) is 0 Å². The highest BCUT2D eigenvalue weighted by atomic mass is 32.2. The molecule has 13 heavy (non-hydrogen) atoms. The average Bonchev–Trinajstić information content (AvgIpc) is 2.50. The number of thioether (sulfide) groups is 1. The van der Waals surface area contributed by atoms with E-state index in [9.17, 15) is 0 Å². The van der Waals surface area contributed by atoms with Crippen LogP contribution in [0.15, 0.2) is 0 Å². The molecule has 1 fully saturated rings. The van der Waals surface area contributed by atoms with Crippen LogP contribution in [0.25, 0.3) is 0 Å². The van der Waals surface area contributed by atoms with Crippen molar-refractivity contribution in [2.45, 2.75) is 31.8 Å². The van der Waals surface area contributed by atoms with Crippen LogP contribution in [-0.4, -0.2) is 48.6 Å². The lowest BCUT2D eigenvalue weighted by molar-refractivity contribution is 0.172. The Bertz CT molecular complexity index is 151. The molecule has 0 aromatic carbocycles. The van der Waals surface area contributed by atoms with Gasteiger partial charge in [0.2, 0.25) is 0 Å². The van der Waals surface area contributed by atoms with Crippen LogP contribution in [0.1, 0.15) is 20.3 Å². The summed E-state index contributed by atoms with van der Waals surface area (Å²) in [6.07, 6.45) is 1.32. The molecule has 0 aromatic rings. The summed E-state index contributed by atoms with van der Waals surface area (Å²) in [6.45, 7) is 5.56. The zero-order valence-electron chi connectivity index (χ0n) is 9.26. The summed E-state index contributed by atoms with van der Waals surface area (Å²) in [5.41, 5.74) is 0.412. The maximum absolute atomic E-state index is 3.55. The minimum Gasteiger partial charge on any atom is -0.313 e. The molecular formula is C10H22N2S. The monoisotopic (exact) mass is 202 g/mol. The first-order valence-corrected chi connectivity index (χ1v) is 6.21. The van der Waals surface area contributed by atoms with Gasteiger partial charge in [-0.2, -0.15) is 11.8 Å². The van der Waals surface area contributed by atoms with Gasteiger partial charge in [0.1, 0.15) is 0 Å². The van der Waals surface area contributed by atoms with Gasteiger partial charge in [-0.15, -0.1) is 0 Å². The first kappa shape index (κ1) is 11.3. The molecule has 0 radical (unpaired) electrons. The highest BCUT2D eigenvalue weighted by Crippen LogP contribution is 2.31. The summed E-state index contributed by atoms with van der Waals surface area (Å²) in [4.78, 5) is 2.39. The van der Waals surface area contributed by atoms with E-state index in [-0.39, 0.29) is 0 Å². The Morgan fingerprint density at radius 3 is 2.54 bits per heavy atom. The third kappa shape index (κ3) is 2.86. The Balaban J connectivity index is 2.47. The Labute approximate surface area is 86.5 Å². The first-order valence-electron chi connectivity index (χ1n) is 5.05. The van der Waals surface area contributed by atoms with Crippen LogP contribution in [0.3, 0.4) is 0 Å². The first-order chi connectivity index (χ1) is 6.07. The normalized spacial score (nSPS) is 29.1. The fourth-order valence-electron chi connectivity index (χ4n) is 1.64. The van der Waals surface area contributed by atoms with Crippen LogP contribution in [0.2, 0.25) is 0 Å². The highest BCUT2D eigenvalue weighted by molar-refractivity contribution is 7.99. The second-order valence-corrected chi connectivity index (χ2v) is 5.56. The molecule has 0 amide bonds. The molecule has 78 valence electrons. The third-order valence-electron chi connectivity index (χ3n) is 2.87. The van der Waals surface area contributed by atoms with Gasteiger partial charge in [0.15, 0.2) is 0 Å². The molecule has 1 heterocycles. The molecule has 0 aliphatic carbocycles. The second kappa shape index (κ2) is 4.67. The molecule has 1 aliphatic heterocycles. The van der Waals surface area contributed by atoms with E-state index in [0.717, 1.165) is 6.54 Å². The minimum atomic E-state index is 0.412. The SMILES string of the molecule is CC(C)NCC1(N(C)C)CCSC1. The quantitative estimate of drug-likeness (QED) is 0.742. The zero-order chi connectivity index (χ0) is 9.90. The van der Waals surface area contributed by atoms with Crippen molar-refractivity contribution in [3.63, 3.8) is 0 Å². The number of hydrogen-bond acceptors (Lipinski definition) is 3. The summed E-state index contributed by atoms with van der Waals surface area (Å²) >= 11 is 2.08. The standard InChI is InChI=1S/C10H22N2S/c1-9(2)11-7-10(12(3)4)5-6-13-8-10/h9,11H,5-8H2,1-4H3. The van der Waals surface area contributed by atoms with Crippen molar-refractivity contribution in [3.8, 4) is 0 Å². The molecule has 1 atom stereocenters. The largest absolute Gasteiger partial charge is 0.313 e. The second-order valence-electron chi connectivity index (χ2n) is 4.46. The van der Waals surface area contributed by atoms with Crippen LogP contribution >= 0.6 is 11.8 Å². The van der Waals surface area contributed by atoms with Gasteiger partial charge in [-0.05, 0) is 26.3 Å². The Morgan fingerprint density at radius 1 is 1.46 bits per heavy atom. The molecule has 0 bridgehead atoms. The molecule has 1 saturated heterocycles. The maximum atomic E-state index is 3.55. The van der Waals surface area contributed by atoms with Crippen molar-refractivity contribution in [1.82, 2.24) is 10.2 Å². The van der Waals surface area contributed by atoms with Crippen LogP contribution in [0, 0.1) is 0 Å². The number of rotatable bonds is 4. The lowest BCUT2D eigenvalue weighted by Crippen LogP contribution is -2.53. The van der Waals surface area contributed by atoms with Crippen molar-refractivity contribution >= 4 is 11.8 Å². The van der Waals surface area contributed by atoms with Crippen LogP contribution in [0.5, 0.6) is 0 Å². The molecule has 2 nitrogen and oxygen atoms in total. The predicted octanol–water partition coefficient (Wildman–Crippen LogP) is 1.42. The average molecular weight is 202 g/mol. The van der Waals surface area contributed by atoms with Crippen LogP contribution in [-0.2, 0) is 0 Å². The smallest absolute Gasteiger partial charge is 0.0425 e. The molecule has 0 spiro atoms. The van der Waals surface area contributed by atoms with Crippen molar-refractivity contribution in [3.05, 3.63) is 0 Å². The van der Waals surface area contributed by atoms with E-state index < -0.39 is 0 Å². The van der Waals surface area contributed by atoms with Crippen LogP contribution in [0.4, 0.5) is 0 Å². The molecule has 0 aromatic heterocycles. The molecule has 1 rings (SSSR count). The summed E-state index contributed by atoms with van der Waals surface area (Å²) in [7, 11) is 4.40. The Hall–Kier alpha value is 0.270. The molecule has 1 aliphatic rings. The van der Waals surface area contributed by atoms with E-state index in [2.05, 4.69) is 49.9 Å². The van der Waals surface area contributed by atoms with Gasteiger partial charge in [0, 0.05) is 23.9 Å². The van der Waals surface area contributed by atoms with Gasteiger partial charge in [0.25, 0.3) is 0 Å². The fourth-order valence-corrected chi connectivity index (χ4v) is 3.19. The number of nitrogens with one attached hydrogen (secondary N) is 1. The number of hydrogen-bond donors (Lipinski definition) is 1. The number of nitrogens with zero attached hydrogens (tertiary/aromatic N) is 1. The van der Waals surface area contributed by atoms with Gasteiger partial charge < -0.3 is 10.2 Å². The molecule has 1 N–H and O–H groups in total. The Kier molecular flexibility index (Phi) is 4.07. The summed E-state index contributed by atoms with van der Waals surface area (Å²) in [5, 5.41) is 3.55. The molecule has 3 heteroatoms. The van der Waals surface area contributed by atoms with Crippen molar-refractivity contribution < 1.29 is 0 Å². The van der Waals surface area contributed by atoms with Gasteiger partial charge >= 0.3 is 0 Å². The summed E-state index contributed by atoms with van der Waals surface area (Å²) < 4.78 is 0. The van der Waals surface area contributed by atoms with E-state index in [1.165, 1.54) is 17.9 Å². The van der Waals surface area contributed by atoms with Gasteiger partial charge in [-0.25, -0.2) is 0 Å². The zero-order valence-corrected chi connectivity index (χ0v) is 10.1. The van der Waals surface area contributed by atoms with Crippen molar-refractivity contribution in [2.75, 3.05) is 32.1 Å². The fraction of sp³-hybridized carbons (Fsp3) is 1.00. The van der Waals surface area contributed by atoms with E-state index >= 15 is 0 Å². The Morgan fingerprint density at radius 2 is 2.15 bits per heavy atom. The maximum Gasteiger partial charge on any atom is 0.0425 e. The highest BCUT2D eigenvalue weighted by Gasteiger charge is 2.36. The number of likely N-dealkylation sites (N-methyl/N-ethyl adjacent to an activating group) is 1. The minimum absolute atomic E-state index is 0.412. The van der Waals surface area contributed by atoms with Gasteiger partial charge in [-0.1, -0.05) is 13.8 Å². The third-order valence-corrected chi connectivity index (χ3v) is 4.10. The molecule has 0 saturated carbocycles. The van der Waals surface area contributed by atoms with Gasteiger partial charge in [-0.3, -0.25) is 0 Å². The summed E-state index contributed by atoms with van der Waals surface area (Å²) in [5.74, 6) is 2.59. The van der Waals surface area contributed by atoms with Crippen LogP contribution < -0.4 is 5.32 Å². The molecular weight excluding hydrogens is 180 g/mol. The lowest BCUT2D eigenvalue weighted by Gasteiger charge is -2.36. The predicted molar refractivity (Wildman–Crippen MR) is 61.5 cm³/mol. The summed E-state index contributed by atoms with van der Waals surface area (Å²) in [6, 6.07) is 0.599.